The molecule has 0 saturated carbocycles. The average molecular weight is 689 g/mol. The fraction of sp³-hybridized carbons (Fsp3) is 0.571. The zero-order valence-electron chi connectivity index (χ0n) is 31.4. The Morgan fingerprint density at radius 3 is 2.14 bits per heavy atom. The van der Waals surface area contributed by atoms with E-state index in [4.69, 9.17) is 18.6 Å². The number of fused-ring (bicyclic) bond motifs is 1. The SMILES string of the molecule is CCC[C@]1(C)C[C@H]2OC(=O)/C=C/[C@@H](C)CC(=O)O[C@@H](C[C@@H](C)O[Si](c3ccccc3)(c3ccccc3)C(C)(C)C)[C@H](C)/C=C(\C)CC[C@@H]2O1. The molecule has 6 nitrogen and oxygen atoms in total. The molecule has 0 spiro atoms. The van der Waals surface area contributed by atoms with Crippen LogP contribution in [0.5, 0.6) is 0 Å². The summed E-state index contributed by atoms with van der Waals surface area (Å²) in [5.74, 6) is -0.887. The maximum atomic E-state index is 13.4. The van der Waals surface area contributed by atoms with Crippen molar-refractivity contribution in [2.24, 2.45) is 11.8 Å². The van der Waals surface area contributed by atoms with Gasteiger partial charge in [0.25, 0.3) is 8.32 Å². The Balaban J connectivity index is 1.63. The van der Waals surface area contributed by atoms with Crippen molar-refractivity contribution in [3.8, 4) is 0 Å². The van der Waals surface area contributed by atoms with Crippen LogP contribution in [0.2, 0.25) is 5.04 Å². The molecule has 0 aliphatic carbocycles. The lowest BCUT2D eigenvalue weighted by atomic mass is 9.93. The first-order valence-corrected chi connectivity index (χ1v) is 20.3. The van der Waals surface area contributed by atoms with Crippen LogP contribution in [0.4, 0.5) is 0 Å². The van der Waals surface area contributed by atoms with Gasteiger partial charge >= 0.3 is 11.9 Å². The van der Waals surface area contributed by atoms with Gasteiger partial charge in [-0.3, -0.25) is 4.79 Å². The van der Waals surface area contributed by atoms with E-state index in [2.05, 4.69) is 122 Å². The van der Waals surface area contributed by atoms with Gasteiger partial charge in [-0.1, -0.05) is 126 Å². The van der Waals surface area contributed by atoms with Gasteiger partial charge in [0.1, 0.15) is 12.2 Å². The predicted molar refractivity (Wildman–Crippen MR) is 200 cm³/mol. The molecule has 1 fully saturated rings. The molecule has 0 bridgehead atoms. The minimum atomic E-state index is -2.80. The molecule has 0 unspecified atom stereocenters. The van der Waals surface area contributed by atoms with E-state index in [1.165, 1.54) is 22.0 Å². The number of rotatable bonds is 8. The summed E-state index contributed by atoms with van der Waals surface area (Å²) < 4.78 is 26.2. The zero-order chi connectivity index (χ0) is 35.8. The van der Waals surface area contributed by atoms with Crippen molar-refractivity contribution >= 4 is 30.6 Å². The van der Waals surface area contributed by atoms with Crippen LogP contribution in [-0.2, 0) is 28.2 Å². The fourth-order valence-electron chi connectivity index (χ4n) is 7.83. The van der Waals surface area contributed by atoms with Crippen LogP contribution in [0, 0.1) is 11.8 Å². The van der Waals surface area contributed by atoms with Crippen LogP contribution in [0.15, 0.2) is 84.5 Å². The van der Waals surface area contributed by atoms with E-state index in [1.807, 2.05) is 6.92 Å². The molecule has 1 saturated heterocycles. The number of hydrogen-bond acceptors (Lipinski definition) is 6. The van der Waals surface area contributed by atoms with E-state index in [1.54, 1.807) is 6.08 Å². The van der Waals surface area contributed by atoms with Gasteiger partial charge < -0.3 is 18.6 Å². The summed E-state index contributed by atoms with van der Waals surface area (Å²) in [6.45, 7) is 19.4. The molecule has 7 atom stereocenters. The summed E-state index contributed by atoms with van der Waals surface area (Å²) in [6, 6.07) is 21.3. The summed E-state index contributed by atoms with van der Waals surface area (Å²) >= 11 is 0. The highest BCUT2D eigenvalue weighted by atomic mass is 28.4. The number of cyclic esters (lactones) is 1. The third kappa shape index (κ3) is 10.0. The van der Waals surface area contributed by atoms with Gasteiger partial charge in [-0.05, 0) is 61.4 Å². The maximum Gasteiger partial charge on any atom is 0.330 e. The second-order valence-corrected chi connectivity index (χ2v) is 20.1. The maximum absolute atomic E-state index is 13.4. The van der Waals surface area contributed by atoms with Crippen molar-refractivity contribution in [2.45, 2.75) is 142 Å². The Hall–Kier alpha value is -3.00. The summed E-state index contributed by atoms with van der Waals surface area (Å²) in [5.41, 5.74) is 0.897. The van der Waals surface area contributed by atoms with Crippen molar-refractivity contribution in [3.63, 3.8) is 0 Å². The summed E-state index contributed by atoms with van der Waals surface area (Å²) in [7, 11) is -2.80. The fourth-order valence-corrected chi connectivity index (χ4v) is 12.5. The van der Waals surface area contributed by atoms with E-state index >= 15 is 0 Å². The number of carbonyl (C=O) groups excluding carboxylic acids is 2. The van der Waals surface area contributed by atoms with Gasteiger partial charge in [0.2, 0.25) is 0 Å². The van der Waals surface area contributed by atoms with Gasteiger partial charge in [-0.15, -0.1) is 0 Å². The van der Waals surface area contributed by atoms with Crippen LogP contribution in [0.25, 0.3) is 0 Å². The highest BCUT2D eigenvalue weighted by Gasteiger charge is 2.51. The van der Waals surface area contributed by atoms with Crippen LogP contribution in [-0.4, -0.2) is 50.3 Å². The van der Waals surface area contributed by atoms with Gasteiger partial charge in [0.05, 0.1) is 18.1 Å². The Bertz CT molecular complexity index is 1390. The minimum Gasteiger partial charge on any atom is -0.462 e. The molecule has 4 rings (SSSR count). The molecular weight excluding hydrogens is 629 g/mol. The zero-order valence-corrected chi connectivity index (χ0v) is 32.4. The smallest absolute Gasteiger partial charge is 0.330 e. The van der Waals surface area contributed by atoms with Crippen molar-refractivity contribution in [2.75, 3.05) is 0 Å². The first kappa shape index (κ1) is 38.8. The van der Waals surface area contributed by atoms with Crippen LogP contribution >= 0.6 is 0 Å². The second kappa shape index (κ2) is 16.8. The van der Waals surface area contributed by atoms with Gasteiger partial charge in [-0.2, -0.15) is 0 Å². The number of allylic oxidation sites excluding steroid dienone is 2. The Morgan fingerprint density at radius 1 is 0.959 bits per heavy atom. The Labute approximate surface area is 296 Å². The van der Waals surface area contributed by atoms with Crippen LogP contribution in [0.3, 0.4) is 0 Å². The molecule has 7 heteroatoms. The average Bonchev–Trinajstić information content (AvgIpc) is 3.35. The lowest BCUT2D eigenvalue weighted by Crippen LogP contribution is -2.67. The second-order valence-electron chi connectivity index (χ2n) is 15.8. The summed E-state index contributed by atoms with van der Waals surface area (Å²) in [5, 5.41) is 2.28. The lowest BCUT2D eigenvalue weighted by Gasteiger charge is -2.45. The molecule has 2 aromatic rings. The number of benzene rings is 2. The molecule has 0 amide bonds. The first-order valence-electron chi connectivity index (χ1n) is 18.4. The molecule has 0 radical (unpaired) electrons. The monoisotopic (exact) mass is 688 g/mol. The predicted octanol–water partition coefficient (Wildman–Crippen LogP) is 8.47. The topological polar surface area (TPSA) is 71.1 Å². The number of esters is 2. The highest BCUT2D eigenvalue weighted by Crippen LogP contribution is 2.40. The number of carbonyl (C=O) groups is 2. The standard InChI is InChI=1S/C42H60O6Si/c1-10-25-42(9)29-38-36(47-42)23-21-30(2)26-32(4)37(45-40(44)27-31(3)22-24-39(43)46-38)28-33(5)48-49(41(6,7)8,34-17-13-11-14-18-34)35-19-15-12-16-20-35/h11-20,22,24,26,31-33,36-38H,10,21,23,25,27-29H2,1-9H3/b24-22+,30-26+/t31-,32-,33-,36+,37+,38-,42-/m1/s1. The molecule has 0 N–H and O–H groups in total. The van der Waals surface area contributed by atoms with Crippen LogP contribution < -0.4 is 10.4 Å². The molecule has 0 aromatic heterocycles. The number of hydrogen-bond donors (Lipinski definition) is 0. The normalized spacial score (nSPS) is 30.0. The molecule has 268 valence electrons. The number of ether oxygens (including phenoxy) is 3. The van der Waals surface area contributed by atoms with Gasteiger partial charge in [0, 0.05) is 30.9 Å². The van der Waals surface area contributed by atoms with Crippen LogP contribution in [0.1, 0.15) is 107 Å². The summed E-state index contributed by atoms with van der Waals surface area (Å²) in [4.78, 5) is 26.3. The first-order chi connectivity index (χ1) is 23.2. The molecule has 49 heavy (non-hydrogen) atoms. The molecule has 2 aliphatic heterocycles. The van der Waals surface area contributed by atoms with Crippen molar-refractivity contribution in [3.05, 3.63) is 84.5 Å². The van der Waals surface area contributed by atoms with E-state index in [9.17, 15) is 9.59 Å². The third-order valence-corrected chi connectivity index (χ3v) is 15.3. The quantitative estimate of drug-likeness (QED) is 0.158. The third-order valence-electron chi connectivity index (χ3n) is 10.2. The summed E-state index contributed by atoms with van der Waals surface area (Å²) in [6.07, 6.45) is 9.32. The van der Waals surface area contributed by atoms with E-state index in [0.29, 0.717) is 12.8 Å². The van der Waals surface area contributed by atoms with E-state index in [0.717, 1.165) is 25.7 Å². The molecular formula is C42H60O6Si. The van der Waals surface area contributed by atoms with Gasteiger partial charge in [-0.25, -0.2) is 4.79 Å². The Kier molecular flexibility index (Phi) is 13.3. The molecule has 2 aromatic carbocycles. The highest BCUT2D eigenvalue weighted by molar-refractivity contribution is 6.99. The molecule has 2 aliphatic rings. The Morgan fingerprint density at radius 2 is 1.57 bits per heavy atom. The van der Waals surface area contributed by atoms with E-state index < -0.39 is 8.32 Å². The minimum absolute atomic E-state index is 0.0311. The molecule has 2 heterocycles. The lowest BCUT2D eigenvalue weighted by molar-refractivity contribution is -0.153. The largest absolute Gasteiger partial charge is 0.462 e. The van der Waals surface area contributed by atoms with Crippen molar-refractivity contribution in [1.29, 1.82) is 0 Å². The van der Waals surface area contributed by atoms with Gasteiger partial charge in [0.15, 0.2) is 0 Å². The van der Waals surface area contributed by atoms with Crippen molar-refractivity contribution < 1.29 is 28.2 Å². The van der Waals surface area contributed by atoms with E-state index in [-0.39, 0.29) is 65.3 Å². The van der Waals surface area contributed by atoms with Crippen molar-refractivity contribution in [1.82, 2.24) is 0 Å².